The van der Waals surface area contributed by atoms with Crippen LogP contribution < -0.4 is 5.32 Å². The highest BCUT2D eigenvalue weighted by Gasteiger charge is 2.24. The van der Waals surface area contributed by atoms with E-state index in [1.54, 1.807) is 6.20 Å². The number of rotatable bonds is 5. The molecule has 1 fully saturated rings. The first kappa shape index (κ1) is 16.6. The van der Waals surface area contributed by atoms with Gasteiger partial charge in [-0.1, -0.05) is 24.3 Å². The minimum absolute atomic E-state index is 0.0395. The predicted octanol–water partition coefficient (Wildman–Crippen LogP) is 2.19. The van der Waals surface area contributed by atoms with Crippen molar-refractivity contribution in [3.63, 3.8) is 0 Å². The van der Waals surface area contributed by atoms with Crippen LogP contribution in [0, 0.1) is 6.92 Å². The number of nitrogens with one attached hydrogen (secondary N) is 1. The minimum Gasteiger partial charge on any atom is -0.379 e. The number of pyridine rings is 1. The second-order valence-corrected chi connectivity index (χ2v) is 5.94. The lowest BCUT2D eigenvalue weighted by Crippen LogP contribution is -2.44. The molecule has 0 saturated carbocycles. The molecule has 0 spiro atoms. The molecular weight excluding hydrogens is 302 g/mol. The number of carbonyl (C=O) groups is 1. The zero-order chi connectivity index (χ0) is 16.8. The molecule has 0 radical (unpaired) electrons. The summed E-state index contributed by atoms with van der Waals surface area (Å²) in [4.78, 5) is 19.3. The smallest absolute Gasteiger partial charge is 0.251 e. The van der Waals surface area contributed by atoms with E-state index in [9.17, 15) is 4.79 Å². The summed E-state index contributed by atoms with van der Waals surface area (Å²) in [5.74, 6) is -0.0395. The molecule has 5 heteroatoms. The highest BCUT2D eigenvalue weighted by molar-refractivity contribution is 5.95. The molecule has 1 atom stereocenters. The van der Waals surface area contributed by atoms with Crippen molar-refractivity contribution in [2.45, 2.75) is 13.0 Å². The molecule has 0 bridgehead atoms. The van der Waals surface area contributed by atoms with Crippen LogP contribution in [0.2, 0.25) is 0 Å². The van der Waals surface area contributed by atoms with Crippen molar-refractivity contribution in [1.29, 1.82) is 0 Å². The Morgan fingerprint density at radius 1 is 1.21 bits per heavy atom. The maximum Gasteiger partial charge on any atom is 0.251 e. The predicted molar refractivity (Wildman–Crippen MR) is 92.9 cm³/mol. The highest BCUT2D eigenvalue weighted by Crippen LogP contribution is 2.19. The van der Waals surface area contributed by atoms with Gasteiger partial charge in [-0.25, -0.2) is 0 Å². The summed E-state index contributed by atoms with van der Waals surface area (Å²) in [7, 11) is 0. The Balaban J connectivity index is 1.72. The lowest BCUT2D eigenvalue weighted by molar-refractivity contribution is 0.0154. The fraction of sp³-hybridized carbons (Fsp3) is 0.368. The maximum absolute atomic E-state index is 12.5. The summed E-state index contributed by atoms with van der Waals surface area (Å²) in [5, 5.41) is 3.07. The van der Waals surface area contributed by atoms with Gasteiger partial charge in [-0.2, -0.15) is 0 Å². The van der Waals surface area contributed by atoms with Crippen molar-refractivity contribution in [2.75, 3.05) is 32.8 Å². The van der Waals surface area contributed by atoms with Gasteiger partial charge in [0.15, 0.2) is 0 Å². The average molecular weight is 325 g/mol. The number of benzene rings is 1. The summed E-state index contributed by atoms with van der Waals surface area (Å²) in [5.41, 5.74) is 2.68. The number of carbonyl (C=O) groups excluding carboxylic acids is 1. The standard InChI is InChI=1S/C19H23N3O2/c1-15-6-2-3-7-16(15)19(23)21-14-18(17-8-4-5-9-20-17)22-10-12-24-13-11-22/h2-9,18H,10-14H2,1H3,(H,21,23). The van der Waals surface area contributed by atoms with Gasteiger partial charge < -0.3 is 10.1 Å². The van der Waals surface area contributed by atoms with Crippen LogP contribution >= 0.6 is 0 Å². The van der Waals surface area contributed by atoms with Crippen LogP contribution in [0.4, 0.5) is 0 Å². The number of nitrogens with zero attached hydrogens (tertiary/aromatic N) is 2. The first-order chi connectivity index (χ1) is 11.8. The van der Waals surface area contributed by atoms with Gasteiger partial charge in [-0.05, 0) is 30.7 Å². The molecule has 1 aromatic carbocycles. The van der Waals surface area contributed by atoms with Crippen molar-refractivity contribution in [3.8, 4) is 0 Å². The number of aryl methyl sites for hydroxylation is 1. The van der Waals surface area contributed by atoms with Gasteiger partial charge in [0.2, 0.25) is 0 Å². The SMILES string of the molecule is Cc1ccccc1C(=O)NCC(c1ccccn1)N1CCOCC1. The van der Waals surface area contributed by atoms with Crippen LogP contribution in [0.1, 0.15) is 27.7 Å². The van der Waals surface area contributed by atoms with Gasteiger partial charge in [0.25, 0.3) is 5.91 Å². The van der Waals surface area contributed by atoms with Crippen molar-refractivity contribution in [3.05, 3.63) is 65.5 Å². The van der Waals surface area contributed by atoms with Crippen LogP contribution in [0.25, 0.3) is 0 Å². The maximum atomic E-state index is 12.5. The molecule has 24 heavy (non-hydrogen) atoms. The minimum atomic E-state index is -0.0395. The van der Waals surface area contributed by atoms with E-state index in [1.807, 2.05) is 49.4 Å². The first-order valence-electron chi connectivity index (χ1n) is 8.32. The summed E-state index contributed by atoms with van der Waals surface area (Å²) in [6.07, 6.45) is 1.80. The van der Waals surface area contributed by atoms with Crippen LogP contribution in [0.5, 0.6) is 0 Å². The normalized spacial score (nSPS) is 16.5. The van der Waals surface area contributed by atoms with E-state index in [0.717, 1.165) is 43.1 Å². The van der Waals surface area contributed by atoms with Crippen molar-refractivity contribution >= 4 is 5.91 Å². The van der Waals surface area contributed by atoms with E-state index in [0.29, 0.717) is 6.54 Å². The van der Waals surface area contributed by atoms with Crippen LogP contribution in [-0.4, -0.2) is 48.6 Å². The third kappa shape index (κ3) is 3.99. The fourth-order valence-electron chi connectivity index (χ4n) is 3.00. The van der Waals surface area contributed by atoms with Crippen LogP contribution in [0.15, 0.2) is 48.7 Å². The molecule has 1 saturated heterocycles. The van der Waals surface area contributed by atoms with Crippen molar-refractivity contribution in [2.24, 2.45) is 0 Å². The summed E-state index contributed by atoms with van der Waals surface area (Å²) in [6, 6.07) is 13.6. The summed E-state index contributed by atoms with van der Waals surface area (Å²) in [6.45, 7) is 5.62. The lowest BCUT2D eigenvalue weighted by Gasteiger charge is -2.34. The van der Waals surface area contributed by atoms with Crippen LogP contribution in [0.3, 0.4) is 0 Å². The molecule has 2 aromatic rings. The van der Waals surface area contributed by atoms with E-state index < -0.39 is 0 Å². The zero-order valence-electron chi connectivity index (χ0n) is 13.9. The zero-order valence-corrected chi connectivity index (χ0v) is 13.9. The molecule has 1 aromatic heterocycles. The number of ether oxygens (including phenoxy) is 1. The second kappa shape index (κ2) is 8.04. The molecule has 1 aliphatic heterocycles. The Morgan fingerprint density at radius 2 is 1.96 bits per heavy atom. The quantitative estimate of drug-likeness (QED) is 0.916. The molecular formula is C19H23N3O2. The summed E-state index contributed by atoms with van der Waals surface area (Å²) >= 11 is 0. The molecule has 2 heterocycles. The van der Waals surface area contributed by atoms with E-state index in [1.165, 1.54) is 0 Å². The Kier molecular flexibility index (Phi) is 5.56. The van der Waals surface area contributed by atoms with Gasteiger partial charge in [0, 0.05) is 31.4 Å². The molecule has 5 nitrogen and oxygen atoms in total. The largest absolute Gasteiger partial charge is 0.379 e. The molecule has 3 rings (SSSR count). The topological polar surface area (TPSA) is 54.5 Å². The number of morpholine rings is 1. The lowest BCUT2D eigenvalue weighted by atomic mass is 10.1. The number of aromatic nitrogens is 1. The first-order valence-corrected chi connectivity index (χ1v) is 8.32. The molecule has 1 N–H and O–H groups in total. The number of hydrogen-bond donors (Lipinski definition) is 1. The van der Waals surface area contributed by atoms with Gasteiger partial charge in [-0.3, -0.25) is 14.7 Å². The molecule has 1 unspecified atom stereocenters. The van der Waals surface area contributed by atoms with Gasteiger partial charge in [0.05, 0.1) is 24.9 Å². The average Bonchev–Trinajstić information content (AvgIpc) is 2.64. The molecule has 1 aliphatic rings. The third-order valence-electron chi connectivity index (χ3n) is 4.36. The van der Waals surface area contributed by atoms with Crippen molar-refractivity contribution in [1.82, 2.24) is 15.2 Å². The Labute approximate surface area is 142 Å². The highest BCUT2D eigenvalue weighted by atomic mass is 16.5. The Hall–Kier alpha value is -2.24. The fourth-order valence-corrected chi connectivity index (χ4v) is 3.00. The van der Waals surface area contributed by atoms with E-state index in [-0.39, 0.29) is 11.9 Å². The molecule has 126 valence electrons. The Bertz CT molecular complexity index is 669. The van der Waals surface area contributed by atoms with Crippen molar-refractivity contribution < 1.29 is 9.53 Å². The Morgan fingerprint density at radius 3 is 2.67 bits per heavy atom. The van der Waals surface area contributed by atoms with Gasteiger partial charge >= 0.3 is 0 Å². The van der Waals surface area contributed by atoms with Crippen LogP contribution in [-0.2, 0) is 4.74 Å². The molecule has 0 aliphatic carbocycles. The molecule has 1 amide bonds. The van der Waals surface area contributed by atoms with E-state index >= 15 is 0 Å². The van der Waals surface area contributed by atoms with E-state index in [4.69, 9.17) is 4.74 Å². The van der Waals surface area contributed by atoms with Gasteiger partial charge in [-0.15, -0.1) is 0 Å². The number of amides is 1. The second-order valence-electron chi connectivity index (χ2n) is 5.94. The van der Waals surface area contributed by atoms with E-state index in [2.05, 4.69) is 15.2 Å². The third-order valence-corrected chi connectivity index (χ3v) is 4.36. The monoisotopic (exact) mass is 325 g/mol. The summed E-state index contributed by atoms with van der Waals surface area (Å²) < 4.78 is 5.45. The number of hydrogen-bond acceptors (Lipinski definition) is 4. The van der Waals surface area contributed by atoms with Gasteiger partial charge in [0.1, 0.15) is 0 Å².